The molecular formula is C11H15NO3. The molecule has 15 heavy (non-hydrogen) atoms. The van der Waals surface area contributed by atoms with Crippen LogP contribution in [0.15, 0.2) is 24.3 Å². The normalized spacial score (nSPS) is 14.4. The molecule has 1 aromatic rings. The third kappa shape index (κ3) is 2.34. The molecular weight excluding hydrogens is 194 g/mol. The summed E-state index contributed by atoms with van der Waals surface area (Å²) < 4.78 is 4.64. The first-order chi connectivity index (χ1) is 7.03. The maximum atomic E-state index is 11.4. The number of rotatable bonds is 3. The minimum Gasteiger partial charge on any atom is -0.465 e. The molecule has 1 aromatic carbocycles. The Kier molecular flexibility index (Phi) is 3.44. The van der Waals surface area contributed by atoms with Gasteiger partial charge in [-0.3, -0.25) is 0 Å². The van der Waals surface area contributed by atoms with Crippen molar-refractivity contribution >= 4 is 5.97 Å². The van der Waals surface area contributed by atoms with E-state index in [0.29, 0.717) is 11.1 Å². The van der Waals surface area contributed by atoms with Gasteiger partial charge in [-0.05, 0) is 18.6 Å². The summed E-state index contributed by atoms with van der Waals surface area (Å²) in [7, 11) is 1.31. The first-order valence-electron chi connectivity index (χ1n) is 4.60. The second kappa shape index (κ2) is 4.42. The molecule has 0 heterocycles. The largest absolute Gasteiger partial charge is 0.465 e. The highest BCUT2D eigenvalue weighted by Gasteiger charge is 2.25. The number of ether oxygens (including phenoxy) is 1. The van der Waals surface area contributed by atoms with Crippen molar-refractivity contribution in [2.75, 3.05) is 13.7 Å². The molecule has 0 amide bonds. The standard InChI is InChI=1S/C11H15NO3/c1-11(12,7-13)9-6-4-3-5-8(9)10(14)15-2/h3-6,13H,7,12H2,1-2H3. The minimum absolute atomic E-state index is 0.235. The number of hydrogen-bond acceptors (Lipinski definition) is 4. The zero-order valence-corrected chi connectivity index (χ0v) is 8.86. The van der Waals surface area contributed by atoms with Gasteiger partial charge in [0.15, 0.2) is 0 Å². The molecule has 0 aromatic heterocycles. The molecule has 0 aliphatic carbocycles. The zero-order chi connectivity index (χ0) is 11.5. The Balaban J connectivity index is 3.23. The Morgan fingerprint density at radius 3 is 2.67 bits per heavy atom. The first kappa shape index (κ1) is 11.7. The molecule has 3 N–H and O–H groups in total. The molecule has 0 radical (unpaired) electrons. The lowest BCUT2D eigenvalue weighted by Gasteiger charge is -2.24. The van der Waals surface area contributed by atoms with Crippen molar-refractivity contribution in [1.82, 2.24) is 0 Å². The summed E-state index contributed by atoms with van der Waals surface area (Å²) in [6.45, 7) is 1.43. The molecule has 4 nitrogen and oxygen atoms in total. The van der Waals surface area contributed by atoms with Crippen LogP contribution in [0.4, 0.5) is 0 Å². The van der Waals surface area contributed by atoms with Gasteiger partial charge in [-0.15, -0.1) is 0 Å². The monoisotopic (exact) mass is 209 g/mol. The molecule has 0 fully saturated rings. The van der Waals surface area contributed by atoms with Gasteiger partial charge in [-0.1, -0.05) is 18.2 Å². The van der Waals surface area contributed by atoms with E-state index < -0.39 is 11.5 Å². The summed E-state index contributed by atoms with van der Waals surface area (Å²) in [4.78, 5) is 11.4. The van der Waals surface area contributed by atoms with Crippen molar-refractivity contribution in [3.05, 3.63) is 35.4 Å². The molecule has 4 heteroatoms. The Labute approximate surface area is 88.7 Å². The number of carbonyl (C=O) groups excluding carboxylic acids is 1. The number of carbonyl (C=O) groups is 1. The lowest BCUT2D eigenvalue weighted by atomic mass is 9.90. The van der Waals surface area contributed by atoms with E-state index in [1.807, 2.05) is 0 Å². The van der Waals surface area contributed by atoms with Crippen LogP contribution in [-0.4, -0.2) is 24.8 Å². The van der Waals surface area contributed by atoms with Gasteiger partial charge in [-0.25, -0.2) is 4.79 Å². The van der Waals surface area contributed by atoms with E-state index in [0.717, 1.165) is 0 Å². The number of aliphatic hydroxyl groups excluding tert-OH is 1. The number of aliphatic hydroxyl groups is 1. The van der Waals surface area contributed by atoms with Crippen LogP contribution in [0.25, 0.3) is 0 Å². The fourth-order valence-electron chi connectivity index (χ4n) is 1.35. The van der Waals surface area contributed by atoms with Gasteiger partial charge >= 0.3 is 5.97 Å². The molecule has 0 spiro atoms. The van der Waals surface area contributed by atoms with Crippen LogP contribution < -0.4 is 5.73 Å². The van der Waals surface area contributed by atoms with Crippen molar-refractivity contribution in [2.45, 2.75) is 12.5 Å². The molecule has 0 bridgehead atoms. The number of hydrogen-bond donors (Lipinski definition) is 2. The highest BCUT2D eigenvalue weighted by atomic mass is 16.5. The maximum Gasteiger partial charge on any atom is 0.338 e. The lowest BCUT2D eigenvalue weighted by Crippen LogP contribution is -2.38. The number of benzene rings is 1. The molecule has 0 saturated carbocycles. The molecule has 82 valence electrons. The summed E-state index contributed by atoms with van der Waals surface area (Å²) >= 11 is 0. The fraction of sp³-hybridized carbons (Fsp3) is 0.364. The SMILES string of the molecule is COC(=O)c1ccccc1C(C)(N)CO. The van der Waals surface area contributed by atoms with Gasteiger partial charge in [0.25, 0.3) is 0 Å². The fourth-order valence-corrected chi connectivity index (χ4v) is 1.35. The van der Waals surface area contributed by atoms with E-state index in [2.05, 4.69) is 4.74 Å². The smallest absolute Gasteiger partial charge is 0.338 e. The van der Waals surface area contributed by atoms with Crippen LogP contribution in [0.5, 0.6) is 0 Å². The predicted octanol–water partition coefficient (Wildman–Crippen LogP) is 0.639. The Morgan fingerprint density at radius 1 is 1.53 bits per heavy atom. The van der Waals surface area contributed by atoms with E-state index >= 15 is 0 Å². The Hall–Kier alpha value is -1.39. The molecule has 0 aliphatic rings. The average molecular weight is 209 g/mol. The third-order valence-corrected chi connectivity index (χ3v) is 2.28. The topological polar surface area (TPSA) is 72.5 Å². The second-order valence-corrected chi connectivity index (χ2v) is 3.61. The van der Waals surface area contributed by atoms with Crippen molar-refractivity contribution in [1.29, 1.82) is 0 Å². The minimum atomic E-state index is -0.940. The van der Waals surface area contributed by atoms with Crippen LogP contribution in [0.1, 0.15) is 22.8 Å². The van der Waals surface area contributed by atoms with Gasteiger partial charge < -0.3 is 15.6 Å². The van der Waals surface area contributed by atoms with Gasteiger partial charge in [0.2, 0.25) is 0 Å². The quantitative estimate of drug-likeness (QED) is 0.716. The Morgan fingerprint density at radius 2 is 2.13 bits per heavy atom. The number of nitrogens with two attached hydrogens (primary N) is 1. The van der Waals surface area contributed by atoms with Crippen molar-refractivity contribution < 1.29 is 14.6 Å². The summed E-state index contributed by atoms with van der Waals surface area (Å²) in [5.74, 6) is -0.448. The molecule has 1 unspecified atom stereocenters. The third-order valence-electron chi connectivity index (χ3n) is 2.28. The molecule has 1 rings (SSSR count). The lowest BCUT2D eigenvalue weighted by molar-refractivity contribution is 0.0596. The van der Waals surface area contributed by atoms with Gasteiger partial charge in [0.05, 0.1) is 24.8 Å². The Bertz CT molecular complexity index is 361. The first-order valence-corrected chi connectivity index (χ1v) is 4.60. The zero-order valence-electron chi connectivity index (χ0n) is 8.86. The molecule has 0 saturated heterocycles. The predicted molar refractivity (Wildman–Crippen MR) is 56.4 cm³/mol. The van der Waals surface area contributed by atoms with E-state index in [4.69, 9.17) is 10.8 Å². The second-order valence-electron chi connectivity index (χ2n) is 3.61. The summed E-state index contributed by atoms with van der Waals surface area (Å²) in [6, 6.07) is 6.83. The van der Waals surface area contributed by atoms with Gasteiger partial charge in [-0.2, -0.15) is 0 Å². The number of methoxy groups -OCH3 is 1. The van der Waals surface area contributed by atoms with E-state index in [1.54, 1.807) is 31.2 Å². The van der Waals surface area contributed by atoms with Crippen LogP contribution in [0.2, 0.25) is 0 Å². The summed E-state index contributed by atoms with van der Waals surface area (Å²) in [6.07, 6.45) is 0. The highest BCUT2D eigenvalue weighted by Crippen LogP contribution is 2.21. The molecule has 0 aliphatic heterocycles. The van der Waals surface area contributed by atoms with Crippen molar-refractivity contribution in [2.24, 2.45) is 5.73 Å². The number of esters is 1. The van der Waals surface area contributed by atoms with Crippen LogP contribution >= 0.6 is 0 Å². The molecule has 1 atom stereocenters. The van der Waals surface area contributed by atoms with E-state index in [1.165, 1.54) is 7.11 Å². The highest BCUT2D eigenvalue weighted by molar-refractivity contribution is 5.91. The van der Waals surface area contributed by atoms with E-state index in [-0.39, 0.29) is 6.61 Å². The summed E-state index contributed by atoms with van der Waals surface area (Å²) in [5, 5.41) is 9.15. The van der Waals surface area contributed by atoms with Gasteiger partial charge in [0, 0.05) is 0 Å². The van der Waals surface area contributed by atoms with Gasteiger partial charge in [0.1, 0.15) is 0 Å². The van der Waals surface area contributed by atoms with E-state index in [9.17, 15) is 4.79 Å². The van der Waals surface area contributed by atoms with Crippen LogP contribution in [0, 0.1) is 0 Å². The average Bonchev–Trinajstić information content (AvgIpc) is 2.28. The van der Waals surface area contributed by atoms with Crippen molar-refractivity contribution in [3.8, 4) is 0 Å². The maximum absolute atomic E-state index is 11.4. The summed E-state index contributed by atoms with van der Waals surface area (Å²) in [5.41, 5.74) is 5.90. The van der Waals surface area contributed by atoms with Crippen LogP contribution in [0.3, 0.4) is 0 Å². The van der Waals surface area contributed by atoms with Crippen LogP contribution in [-0.2, 0) is 10.3 Å². The van der Waals surface area contributed by atoms with Crippen molar-refractivity contribution in [3.63, 3.8) is 0 Å².